The summed E-state index contributed by atoms with van der Waals surface area (Å²) >= 11 is 0. The zero-order chi connectivity index (χ0) is 17.2. The average Bonchev–Trinajstić information content (AvgIpc) is 2.91. The molecule has 0 amide bonds. The van der Waals surface area contributed by atoms with Gasteiger partial charge in [0.1, 0.15) is 29.3 Å². The number of hydrogen-bond acceptors (Lipinski definition) is 4. The molecule has 0 saturated carbocycles. The molecule has 3 rings (SSSR count). The molecule has 0 spiro atoms. The molecular weight excluding hydrogens is 302 g/mol. The van der Waals surface area contributed by atoms with Gasteiger partial charge in [-0.3, -0.25) is 9.20 Å². The predicted molar refractivity (Wildman–Crippen MR) is 95.0 cm³/mol. The molecule has 2 aromatic heterocycles. The lowest BCUT2D eigenvalue weighted by Gasteiger charge is -2.19. The molecule has 124 valence electrons. The Balaban J connectivity index is 1.92. The van der Waals surface area contributed by atoms with Crippen LogP contribution in [0.3, 0.4) is 0 Å². The van der Waals surface area contributed by atoms with Gasteiger partial charge in [0.25, 0.3) is 0 Å². The number of carbonyl (C=O) groups is 1. The van der Waals surface area contributed by atoms with Crippen LogP contribution in [0.15, 0.2) is 54.7 Å². The highest BCUT2D eigenvalue weighted by atomic mass is 16.6. The number of nitrogens with one attached hydrogen (secondary N) is 1. The third-order valence-electron chi connectivity index (χ3n) is 3.40. The Bertz CT molecular complexity index is 848. The first-order valence-electron chi connectivity index (χ1n) is 7.92. The van der Waals surface area contributed by atoms with E-state index in [2.05, 4.69) is 10.3 Å². The van der Waals surface area contributed by atoms with Crippen molar-refractivity contribution in [1.29, 1.82) is 0 Å². The molecule has 0 aliphatic heterocycles. The number of imidazole rings is 1. The van der Waals surface area contributed by atoms with E-state index in [4.69, 9.17) is 4.74 Å². The lowest BCUT2D eigenvalue weighted by Crippen LogP contribution is -2.28. The minimum absolute atomic E-state index is 0.0831. The highest BCUT2D eigenvalue weighted by molar-refractivity contribution is 5.81. The van der Waals surface area contributed by atoms with Crippen molar-refractivity contribution in [3.8, 4) is 11.3 Å². The number of benzene rings is 1. The van der Waals surface area contributed by atoms with Crippen LogP contribution in [0.2, 0.25) is 0 Å². The van der Waals surface area contributed by atoms with E-state index >= 15 is 0 Å². The zero-order valence-corrected chi connectivity index (χ0v) is 14.1. The molecule has 0 aliphatic carbocycles. The first kappa shape index (κ1) is 16.1. The van der Waals surface area contributed by atoms with Crippen LogP contribution in [0.25, 0.3) is 16.9 Å². The summed E-state index contributed by atoms with van der Waals surface area (Å²) in [6.45, 7) is 5.65. The normalized spacial score (nSPS) is 11.5. The van der Waals surface area contributed by atoms with Crippen LogP contribution in [0.4, 0.5) is 5.82 Å². The van der Waals surface area contributed by atoms with Crippen molar-refractivity contribution in [3.05, 3.63) is 54.7 Å². The second-order valence-electron chi connectivity index (χ2n) is 6.54. The van der Waals surface area contributed by atoms with Crippen molar-refractivity contribution >= 4 is 17.4 Å². The van der Waals surface area contributed by atoms with E-state index < -0.39 is 5.60 Å². The maximum Gasteiger partial charge on any atom is 0.325 e. The number of hydrogen-bond donors (Lipinski definition) is 1. The van der Waals surface area contributed by atoms with Crippen LogP contribution in [0, 0.1) is 0 Å². The minimum Gasteiger partial charge on any atom is -0.459 e. The molecule has 1 aromatic carbocycles. The Kier molecular flexibility index (Phi) is 4.25. The van der Waals surface area contributed by atoms with E-state index in [1.807, 2.05) is 79.9 Å². The van der Waals surface area contributed by atoms with Crippen molar-refractivity contribution in [3.63, 3.8) is 0 Å². The summed E-state index contributed by atoms with van der Waals surface area (Å²) in [5.41, 5.74) is 2.13. The van der Waals surface area contributed by atoms with E-state index in [-0.39, 0.29) is 12.5 Å². The second-order valence-corrected chi connectivity index (χ2v) is 6.54. The van der Waals surface area contributed by atoms with Crippen LogP contribution in [-0.2, 0) is 9.53 Å². The smallest absolute Gasteiger partial charge is 0.325 e. The molecule has 3 aromatic rings. The lowest BCUT2D eigenvalue weighted by molar-refractivity contribution is -0.152. The van der Waals surface area contributed by atoms with Crippen molar-refractivity contribution in [2.24, 2.45) is 0 Å². The van der Waals surface area contributed by atoms with Gasteiger partial charge in [-0.2, -0.15) is 0 Å². The van der Waals surface area contributed by atoms with Gasteiger partial charge in [0.15, 0.2) is 0 Å². The van der Waals surface area contributed by atoms with Gasteiger partial charge in [-0.1, -0.05) is 36.4 Å². The molecule has 24 heavy (non-hydrogen) atoms. The van der Waals surface area contributed by atoms with Crippen molar-refractivity contribution in [2.75, 3.05) is 11.9 Å². The maximum atomic E-state index is 12.0. The highest BCUT2D eigenvalue weighted by Crippen LogP contribution is 2.28. The summed E-state index contributed by atoms with van der Waals surface area (Å²) in [5.74, 6) is 0.482. The SMILES string of the molecule is CC(C)(C)OC(=O)CNc1c(-c2ccccc2)nc2ccccn12. The molecule has 5 heteroatoms. The number of aromatic nitrogens is 2. The zero-order valence-electron chi connectivity index (χ0n) is 14.1. The van der Waals surface area contributed by atoms with Crippen LogP contribution in [0.5, 0.6) is 0 Å². The fourth-order valence-corrected chi connectivity index (χ4v) is 2.50. The lowest BCUT2D eigenvalue weighted by atomic mass is 10.1. The number of fused-ring (bicyclic) bond motifs is 1. The Morgan fingerprint density at radius 2 is 1.83 bits per heavy atom. The Hall–Kier alpha value is -2.82. The highest BCUT2D eigenvalue weighted by Gasteiger charge is 2.18. The maximum absolute atomic E-state index is 12.0. The molecular formula is C19H21N3O2. The second kappa shape index (κ2) is 6.35. The summed E-state index contributed by atoms with van der Waals surface area (Å²) in [6, 6.07) is 15.7. The summed E-state index contributed by atoms with van der Waals surface area (Å²) in [7, 11) is 0. The van der Waals surface area contributed by atoms with E-state index in [1.54, 1.807) is 0 Å². The van der Waals surface area contributed by atoms with Gasteiger partial charge in [0, 0.05) is 11.8 Å². The number of ether oxygens (including phenoxy) is 1. The number of carbonyl (C=O) groups excluding carboxylic acids is 1. The topological polar surface area (TPSA) is 55.6 Å². The first-order chi connectivity index (χ1) is 11.4. The summed E-state index contributed by atoms with van der Waals surface area (Å²) in [6.07, 6.45) is 1.92. The van der Waals surface area contributed by atoms with Gasteiger partial charge in [-0.05, 0) is 32.9 Å². The molecule has 1 N–H and O–H groups in total. The van der Waals surface area contributed by atoms with Crippen LogP contribution >= 0.6 is 0 Å². The van der Waals surface area contributed by atoms with Gasteiger partial charge in [0.2, 0.25) is 0 Å². The summed E-state index contributed by atoms with van der Waals surface area (Å²) in [4.78, 5) is 16.7. The van der Waals surface area contributed by atoms with E-state index in [1.165, 1.54) is 0 Å². The molecule has 0 radical (unpaired) electrons. The molecule has 0 atom stereocenters. The van der Waals surface area contributed by atoms with Gasteiger partial charge in [-0.25, -0.2) is 4.98 Å². The number of nitrogens with zero attached hydrogens (tertiary/aromatic N) is 2. The largest absolute Gasteiger partial charge is 0.459 e. The average molecular weight is 323 g/mol. The minimum atomic E-state index is -0.499. The molecule has 2 heterocycles. The van der Waals surface area contributed by atoms with Crippen molar-refractivity contribution in [2.45, 2.75) is 26.4 Å². The summed E-state index contributed by atoms with van der Waals surface area (Å²) in [5, 5.41) is 3.18. The van der Waals surface area contributed by atoms with Gasteiger partial charge < -0.3 is 10.1 Å². The number of pyridine rings is 1. The quantitative estimate of drug-likeness (QED) is 0.743. The van der Waals surface area contributed by atoms with E-state index in [0.29, 0.717) is 0 Å². The molecule has 0 saturated heterocycles. The standard InChI is InChI=1S/C19H21N3O2/c1-19(2,3)24-16(23)13-20-18-17(14-9-5-4-6-10-14)21-15-11-7-8-12-22(15)18/h4-12,20H,13H2,1-3H3. The predicted octanol–water partition coefficient (Wildman–Crippen LogP) is 3.75. The number of anilines is 1. The molecule has 0 bridgehead atoms. The molecule has 0 unspecified atom stereocenters. The van der Waals surface area contributed by atoms with E-state index in [0.717, 1.165) is 22.7 Å². The molecule has 0 fully saturated rings. The van der Waals surface area contributed by atoms with Crippen LogP contribution < -0.4 is 5.32 Å². The van der Waals surface area contributed by atoms with Crippen molar-refractivity contribution < 1.29 is 9.53 Å². The van der Waals surface area contributed by atoms with E-state index in [9.17, 15) is 4.79 Å². The Morgan fingerprint density at radius 3 is 2.54 bits per heavy atom. The third kappa shape index (κ3) is 3.56. The summed E-state index contributed by atoms with van der Waals surface area (Å²) < 4.78 is 7.30. The Morgan fingerprint density at radius 1 is 1.12 bits per heavy atom. The number of esters is 1. The van der Waals surface area contributed by atoms with Gasteiger partial charge in [0.05, 0.1) is 0 Å². The molecule has 5 nitrogen and oxygen atoms in total. The van der Waals surface area contributed by atoms with Crippen molar-refractivity contribution in [1.82, 2.24) is 9.38 Å². The third-order valence-corrected chi connectivity index (χ3v) is 3.40. The fraction of sp³-hybridized carbons (Fsp3) is 0.263. The van der Waals surface area contributed by atoms with Crippen LogP contribution in [0.1, 0.15) is 20.8 Å². The Labute approximate surface area is 141 Å². The first-order valence-corrected chi connectivity index (χ1v) is 7.92. The van der Waals surface area contributed by atoms with Gasteiger partial charge in [-0.15, -0.1) is 0 Å². The molecule has 0 aliphatic rings. The van der Waals surface area contributed by atoms with Crippen LogP contribution in [-0.4, -0.2) is 27.5 Å². The number of rotatable bonds is 4. The van der Waals surface area contributed by atoms with Gasteiger partial charge >= 0.3 is 5.97 Å². The fourth-order valence-electron chi connectivity index (χ4n) is 2.50. The monoisotopic (exact) mass is 323 g/mol.